The number of rotatable bonds is 4. The molecule has 0 rings (SSSR count). The lowest BCUT2D eigenvalue weighted by Gasteiger charge is -2.07. The first-order valence-electron chi connectivity index (χ1n) is 3.57. The molecule has 0 aliphatic rings. The topological polar surface area (TPSA) is 37.4 Å². The maximum atomic E-state index is 11.9. The SMILES string of the molecule is CC(=O)/C(=C/N(C)C)C(=O)C(F)F. The van der Waals surface area contributed by atoms with Gasteiger partial charge in [-0.1, -0.05) is 0 Å². The van der Waals surface area contributed by atoms with E-state index in [0.29, 0.717) is 0 Å². The van der Waals surface area contributed by atoms with Crippen LogP contribution in [-0.2, 0) is 9.59 Å². The van der Waals surface area contributed by atoms with Crippen molar-refractivity contribution >= 4 is 11.6 Å². The van der Waals surface area contributed by atoms with Crippen LogP contribution in [0.15, 0.2) is 11.8 Å². The zero-order valence-electron chi connectivity index (χ0n) is 7.67. The van der Waals surface area contributed by atoms with Crippen molar-refractivity contribution in [3.8, 4) is 0 Å². The Morgan fingerprint density at radius 1 is 1.31 bits per heavy atom. The molecule has 0 atom stereocenters. The van der Waals surface area contributed by atoms with Gasteiger partial charge in [-0.25, -0.2) is 8.78 Å². The van der Waals surface area contributed by atoms with Crippen molar-refractivity contribution in [3.05, 3.63) is 11.8 Å². The van der Waals surface area contributed by atoms with Crippen LogP contribution in [0.4, 0.5) is 8.78 Å². The van der Waals surface area contributed by atoms with Gasteiger partial charge in [0.1, 0.15) is 0 Å². The van der Waals surface area contributed by atoms with E-state index < -0.39 is 23.6 Å². The molecule has 13 heavy (non-hydrogen) atoms. The molecular formula is C8H11F2NO2. The highest BCUT2D eigenvalue weighted by atomic mass is 19.3. The average molecular weight is 191 g/mol. The molecule has 3 nitrogen and oxygen atoms in total. The summed E-state index contributed by atoms with van der Waals surface area (Å²) in [6.07, 6.45) is -2.04. The highest BCUT2D eigenvalue weighted by Gasteiger charge is 2.23. The number of hydrogen-bond donors (Lipinski definition) is 0. The molecule has 74 valence electrons. The second kappa shape index (κ2) is 4.69. The van der Waals surface area contributed by atoms with Gasteiger partial charge >= 0.3 is 6.43 Å². The van der Waals surface area contributed by atoms with Crippen LogP contribution in [0.3, 0.4) is 0 Å². The number of ketones is 2. The molecule has 0 aromatic heterocycles. The quantitative estimate of drug-likeness (QED) is 0.375. The Labute approximate surface area is 75.0 Å². The summed E-state index contributed by atoms with van der Waals surface area (Å²) in [6, 6.07) is 0. The highest BCUT2D eigenvalue weighted by molar-refractivity contribution is 6.20. The summed E-state index contributed by atoms with van der Waals surface area (Å²) in [7, 11) is 3.09. The molecule has 0 unspecified atom stereocenters. The van der Waals surface area contributed by atoms with Gasteiger partial charge in [0.05, 0.1) is 5.57 Å². The monoisotopic (exact) mass is 191 g/mol. The summed E-state index contributed by atoms with van der Waals surface area (Å²) in [5, 5.41) is 0. The van der Waals surface area contributed by atoms with E-state index >= 15 is 0 Å². The van der Waals surface area contributed by atoms with E-state index in [2.05, 4.69) is 0 Å². The second-order valence-corrected chi connectivity index (χ2v) is 2.73. The van der Waals surface area contributed by atoms with Crippen LogP contribution < -0.4 is 0 Å². The molecule has 5 heteroatoms. The molecule has 0 fully saturated rings. The normalized spacial score (nSPS) is 11.7. The fourth-order valence-corrected chi connectivity index (χ4v) is 0.704. The molecule has 0 heterocycles. The Hall–Kier alpha value is -1.26. The number of halogens is 2. The first kappa shape index (κ1) is 11.7. The predicted octanol–water partition coefficient (Wildman–Crippen LogP) is 0.855. The van der Waals surface area contributed by atoms with Crippen molar-refractivity contribution < 1.29 is 18.4 Å². The van der Waals surface area contributed by atoms with Crippen molar-refractivity contribution in [3.63, 3.8) is 0 Å². The van der Waals surface area contributed by atoms with Crippen LogP contribution in [0.5, 0.6) is 0 Å². The van der Waals surface area contributed by atoms with Crippen molar-refractivity contribution in [1.29, 1.82) is 0 Å². The standard InChI is InChI=1S/C8H11F2NO2/c1-5(12)6(4-11(2)3)7(13)8(9)10/h4,8H,1-3H3/b6-4-. The molecule has 0 radical (unpaired) electrons. The molecule has 0 amide bonds. The molecule has 0 aromatic carbocycles. The summed E-state index contributed by atoms with van der Waals surface area (Å²) in [5.41, 5.74) is -0.472. The van der Waals surface area contributed by atoms with Crippen LogP contribution in [0.2, 0.25) is 0 Å². The Morgan fingerprint density at radius 3 is 2.00 bits per heavy atom. The molecule has 0 N–H and O–H groups in total. The summed E-state index contributed by atoms with van der Waals surface area (Å²) >= 11 is 0. The van der Waals surface area contributed by atoms with Gasteiger partial charge in [0.15, 0.2) is 5.78 Å². The molecule has 0 saturated carbocycles. The minimum atomic E-state index is -3.13. The third-order valence-electron chi connectivity index (χ3n) is 1.23. The van der Waals surface area contributed by atoms with Gasteiger partial charge in [-0.05, 0) is 6.92 Å². The number of Topliss-reactive ketones (excluding diaryl/α,β-unsaturated/α-hetero) is 2. The summed E-state index contributed by atoms with van der Waals surface area (Å²) < 4.78 is 23.9. The van der Waals surface area contributed by atoms with E-state index in [9.17, 15) is 18.4 Å². The predicted molar refractivity (Wildman–Crippen MR) is 43.5 cm³/mol. The minimum Gasteiger partial charge on any atom is -0.383 e. The Balaban J connectivity index is 4.83. The molecule has 0 aliphatic carbocycles. The smallest absolute Gasteiger partial charge is 0.300 e. The fraction of sp³-hybridized carbons (Fsp3) is 0.500. The van der Waals surface area contributed by atoms with E-state index in [0.717, 1.165) is 13.1 Å². The Morgan fingerprint density at radius 2 is 1.77 bits per heavy atom. The van der Waals surface area contributed by atoms with E-state index in [1.165, 1.54) is 4.90 Å². The maximum absolute atomic E-state index is 11.9. The van der Waals surface area contributed by atoms with Crippen molar-refractivity contribution in [1.82, 2.24) is 4.90 Å². The average Bonchev–Trinajstić information content (AvgIpc) is 1.97. The highest BCUT2D eigenvalue weighted by Crippen LogP contribution is 2.07. The molecular weight excluding hydrogens is 180 g/mol. The van der Waals surface area contributed by atoms with Crippen LogP contribution in [0.1, 0.15) is 6.92 Å². The lowest BCUT2D eigenvalue weighted by molar-refractivity contribution is -0.128. The van der Waals surface area contributed by atoms with Gasteiger partial charge in [-0.3, -0.25) is 9.59 Å². The van der Waals surface area contributed by atoms with Crippen molar-refractivity contribution in [2.45, 2.75) is 13.3 Å². The van der Waals surface area contributed by atoms with E-state index in [1.807, 2.05) is 0 Å². The van der Waals surface area contributed by atoms with Gasteiger partial charge in [0, 0.05) is 20.3 Å². The lowest BCUT2D eigenvalue weighted by Crippen LogP contribution is -2.20. The number of alkyl halides is 2. The van der Waals surface area contributed by atoms with Crippen molar-refractivity contribution in [2.75, 3.05) is 14.1 Å². The zero-order valence-corrected chi connectivity index (χ0v) is 7.67. The van der Waals surface area contributed by atoms with Gasteiger partial charge in [-0.15, -0.1) is 0 Å². The minimum absolute atomic E-state index is 0.472. The number of allylic oxidation sites excluding steroid dienone is 1. The third-order valence-corrected chi connectivity index (χ3v) is 1.23. The number of carbonyl (C=O) groups is 2. The number of hydrogen-bond acceptors (Lipinski definition) is 3. The summed E-state index contributed by atoms with van der Waals surface area (Å²) in [6.45, 7) is 1.08. The third kappa shape index (κ3) is 3.78. The summed E-state index contributed by atoms with van der Waals surface area (Å²) in [4.78, 5) is 22.9. The molecule has 0 saturated heterocycles. The van der Waals surface area contributed by atoms with Crippen molar-refractivity contribution in [2.24, 2.45) is 0 Å². The maximum Gasteiger partial charge on any atom is 0.300 e. The molecule has 0 spiro atoms. The van der Waals surface area contributed by atoms with Gasteiger partial charge in [0.25, 0.3) is 0 Å². The first-order chi connectivity index (χ1) is 5.86. The Kier molecular flexibility index (Phi) is 4.23. The van der Waals surface area contributed by atoms with E-state index in [-0.39, 0.29) is 0 Å². The second-order valence-electron chi connectivity index (χ2n) is 2.73. The fourth-order valence-electron chi connectivity index (χ4n) is 0.704. The number of carbonyl (C=O) groups excluding carboxylic acids is 2. The zero-order chi connectivity index (χ0) is 10.6. The largest absolute Gasteiger partial charge is 0.383 e. The van der Waals surface area contributed by atoms with Gasteiger partial charge in [-0.2, -0.15) is 0 Å². The molecule has 0 aromatic rings. The van der Waals surface area contributed by atoms with Crippen LogP contribution in [0, 0.1) is 0 Å². The molecule has 0 bridgehead atoms. The number of nitrogens with zero attached hydrogens (tertiary/aromatic N) is 1. The van der Waals surface area contributed by atoms with E-state index in [1.54, 1.807) is 14.1 Å². The summed E-state index contributed by atoms with van der Waals surface area (Å²) in [5.74, 6) is -2.08. The van der Waals surface area contributed by atoms with Gasteiger partial charge in [0.2, 0.25) is 5.78 Å². The first-order valence-corrected chi connectivity index (χ1v) is 3.57. The Bertz CT molecular complexity index is 247. The van der Waals surface area contributed by atoms with Crippen LogP contribution in [0.25, 0.3) is 0 Å². The van der Waals surface area contributed by atoms with Gasteiger partial charge < -0.3 is 4.90 Å². The molecule has 0 aliphatic heterocycles. The van der Waals surface area contributed by atoms with Crippen LogP contribution >= 0.6 is 0 Å². The van der Waals surface area contributed by atoms with Crippen LogP contribution in [-0.4, -0.2) is 37.0 Å². The van der Waals surface area contributed by atoms with E-state index in [4.69, 9.17) is 0 Å². The lowest BCUT2D eigenvalue weighted by atomic mass is 10.1.